The van der Waals surface area contributed by atoms with E-state index in [1.165, 1.54) is 16.2 Å². The smallest absolute Gasteiger partial charge is 0.261 e. The molecule has 0 radical (unpaired) electrons. The molecule has 0 saturated carbocycles. The molecule has 8 heteroatoms. The third-order valence-corrected chi connectivity index (χ3v) is 7.12. The topological polar surface area (TPSA) is 70.2 Å². The van der Waals surface area contributed by atoms with Gasteiger partial charge >= 0.3 is 0 Å². The standard InChI is InChI=1S/C20H27N5OS2/c1-5-25(6-2)10-9-21-19(26)17-13(3)16-18(22-12-23-20(16)28-17)24-14(4)15-8-7-11-27-15/h7-8,11-12,14H,5-6,9-10H2,1-4H3,(H,21,26)(H,22,23,24). The molecule has 1 atom stereocenters. The zero-order chi connectivity index (χ0) is 20.1. The van der Waals surface area contributed by atoms with Crippen LogP contribution in [0.2, 0.25) is 0 Å². The van der Waals surface area contributed by atoms with Crippen LogP contribution in [0.25, 0.3) is 10.2 Å². The van der Waals surface area contributed by atoms with Gasteiger partial charge in [-0.15, -0.1) is 22.7 Å². The largest absolute Gasteiger partial charge is 0.362 e. The summed E-state index contributed by atoms with van der Waals surface area (Å²) >= 11 is 3.14. The Bertz CT molecular complexity index is 918. The quantitative estimate of drug-likeness (QED) is 0.543. The Labute approximate surface area is 174 Å². The fourth-order valence-corrected chi connectivity index (χ4v) is 4.96. The lowest BCUT2D eigenvalue weighted by Gasteiger charge is -2.17. The number of hydrogen-bond donors (Lipinski definition) is 2. The second-order valence-corrected chi connectivity index (χ2v) is 8.60. The van der Waals surface area contributed by atoms with E-state index in [9.17, 15) is 4.79 Å². The van der Waals surface area contributed by atoms with Crippen LogP contribution in [0.4, 0.5) is 5.82 Å². The first kappa shape index (κ1) is 20.7. The molecule has 0 aliphatic heterocycles. The van der Waals surface area contributed by atoms with Crippen molar-refractivity contribution in [3.8, 4) is 0 Å². The zero-order valence-corrected chi connectivity index (χ0v) is 18.4. The number of carbonyl (C=O) groups excluding carboxylic acids is 1. The summed E-state index contributed by atoms with van der Waals surface area (Å²) in [5, 5.41) is 9.53. The number of aryl methyl sites for hydroxylation is 1. The number of nitrogens with one attached hydrogen (secondary N) is 2. The summed E-state index contributed by atoms with van der Waals surface area (Å²) in [5.74, 6) is 0.742. The van der Waals surface area contributed by atoms with Crippen LogP contribution in [0.5, 0.6) is 0 Å². The number of thiophene rings is 2. The number of anilines is 1. The van der Waals surface area contributed by atoms with Gasteiger partial charge < -0.3 is 15.5 Å². The van der Waals surface area contributed by atoms with Gasteiger partial charge in [-0.05, 0) is 43.9 Å². The van der Waals surface area contributed by atoms with Gasteiger partial charge in [0.2, 0.25) is 0 Å². The van der Waals surface area contributed by atoms with Crippen molar-refractivity contribution in [2.24, 2.45) is 0 Å². The highest BCUT2D eigenvalue weighted by molar-refractivity contribution is 7.20. The first-order chi connectivity index (χ1) is 13.5. The molecule has 0 aliphatic carbocycles. The van der Waals surface area contributed by atoms with Crippen molar-refractivity contribution in [1.29, 1.82) is 0 Å². The average molecular weight is 418 g/mol. The normalized spacial score (nSPS) is 12.5. The molecule has 3 aromatic heterocycles. The molecule has 0 fully saturated rings. The third kappa shape index (κ3) is 4.51. The van der Waals surface area contributed by atoms with Crippen molar-refractivity contribution in [2.75, 3.05) is 31.5 Å². The molecule has 6 nitrogen and oxygen atoms in total. The second kappa shape index (κ2) is 9.45. The van der Waals surface area contributed by atoms with E-state index in [4.69, 9.17) is 0 Å². The molecule has 2 N–H and O–H groups in total. The van der Waals surface area contributed by atoms with Crippen molar-refractivity contribution in [2.45, 2.75) is 33.7 Å². The molecule has 3 aromatic rings. The van der Waals surface area contributed by atoms with Crippen molar-refractivity contribution in [1.82, 2.24) is 20.2 Å². The molecule has 3 heterocycles. The van der Waals surface area contributed by atoms with Crippen LogP contribution >= 0.6 is 22.7 Å². The van der Waals surface area contributed by atoms with Crippen LogP contribution in [0.3, 0.4) is 0 Å². The van der Waals surface area contributed by atoms with Gasteiger partial charge in [0.05, 0.1) is 16.3 Å². The van der Waals surface area contributed by atoms with Crippen molar-refractivity contribution in [3.05, 3.63) is 39.2 Å². The molecular formula is C20H27N5OS2. The van der Waals surface area contributed by atoms with E-state index in [1.807, 2.05) is 13.0 Å². The highest BCUT2D eigenvalue weighted by atomic mass is 32.1. The summed E-state index contributed by atoms with van der Waals surface area (Å²) in [6.45, 7) is 11.8. The Morgan fingerprint density at radius 3 is 2.75 bits per heavy atom. The minimum Gasteiger partial charge on any atom is -0.362 e. The highest BCUT2D eigenvalue weighted by Gasteiger charge is 2.20. The Morgan fingerprint density at radius 2 is 2.07 bits per heavy atom. The lowest BCUT2D eigenvalue weighted by Crippen LogP contribution is -2.34. The van der Waals surface area contributed by atoms with Gasteiger partial charge in [-0.25, -0.2) is 9.97 Å². The minimum absolute atomic E-state index is 0.0371. The van der Waals surface area contributed by atoms with E-state index in [2.05, 4.69) is 57.7 Å². The number of rotatable bonds is 9. The van der Waals surface area contributed by atoms with Gasteiger partial charge in [-0.3, -0.25) is 4.79 Å². The number of hydrogen-bond acceptors (Lipinski definition) is 7. The minimum atomic E-state index is -0.0371. The summed E-state index contributed by atoms with van der Waals surface area (Å²) < 4.78 is 0. The highest BCUT2D eigenvalue weighted by Crippen LogP contribution is 2.34. The van der Waals surface area contributed by atoms with Crippen LogP contribution in [0.1, 0.15) is 46.9 Å². The number of nitrogens with zero attached hydrogens (tertiary/aromatic N) is 3. The van der Waals surface area contributed by atoms with Crippen molar-refractivity contribution in [3.63, 3.8) is 0 Å². The van der Waals surface area contributed by atoms with Gasteiger partial charge in [-0.1, -0.05) is 19.9 Å². The fraction of sp³-hybridized carbons (Fsp3) is 0.450. The zero-order valence-electron chi connectivity index (χ0n) is 16.8. The predicted octanol–water partition coefficient (Wildman–Crippen LogP) is 4.31. The maximum absolute atomic E-state index is 12.7. The lowest BCUT2D eigenvalue weighted by molar-refractivity contribution is 0.0952. The molecule has 0 spiro atoms. The molecular weight excluding hydrogens is 390 g/mol. The van der Waals surface area contributed by atoms with E-state index in [-0.39, 0.29) is 11.9 Å². The van der Waals surface area contributed by atoms with E-state index in [0.717, 1.165) is 41.2 Å². The fourth-order valence-electron chi connectivity index (χ4n) is 3.16. The van der Waals surface area contributed by atoms with Gasteiger partial charge in [0.15, 0.2) is 0 Å². The third-order valence-electron chi connectivity index (χ3n) is 4.86. The van der Waals surface area contributed by atoms with Gasteiger partial charge in [0.1, 0.15) is 17.0 Å². The van der Waals surface area contributed by atoms with E-state index in [0.29, 0.717) is 11.4 Å². The van der Waals surface area contributed by atoms with Gasteiger partial charge in [0.25, 0.3) is 5.91 Å². The Kier molecular flexibility index (Phi) is 6.98. The molecule has 150 valence electrons. The summed E-state index contributed by atoms with van der Waals surface area (Å²) in [6.07, 6.45) is 1.56. The first-order valence-electron chi connectivity index (χ1n) is 9.59. The van der Waals surface area contributed by atoms with Crippen LogP contribution < -0.4 is 10.6 Å². The molecule has 0 bridgehead atoms. The van der Waals surface area contributed by atoms with Crippen molar-refractivity contribution < 1.29 is 4.79 Å². The molecule has 28 heavy (non-hydrogen) atoms. The van der Waals surface area contributed by atoms with Gasteiger partial charge in [-0.2, -0.15) is 0 Å². The monoisotopic (exact) mass is 417 g/mol. The maximum Gasteiger partial charge on any atom is 0.261 e. The van der Waals surface area contributed by atoms with Crippen molar-refractivity contribution >= 4 is 44.6 Å². The predicted molar refractivity (Wildman–Crippen MR) is 119 cm³/mol. The van der Waals surface area contributed by atoms with Crippen LogP contribution in [-0.2, 0) is 0 Å². The summed E-state index contributed by atoms with van der Waals surface area (Å²) in [5.41, 5.74) is 0.932. The van der Waals surface area contributed by atoms with E-state index in [1.54, 1.807) is 17.7 Å². The van der Waals surface area contributed by atoms with Gasteiger partial charge in [0, 0.05) is 18.0 Å². The molecule has 0 aliphatic rings. The molecule has 0 aromatic carbocycles. The van der Waals surface area contributed by atoms with E-state index >= 15 is 0 Å². The Balaban J connectivity index is 1.78. The molecule has 1 amide bonds. The molecule has 0 saturated heterocycles. The maximum atomic E-state index is 12.7. The molecule has 1 unspecified atom stereocenters. The first-order valence-corrected chi connectivity index (χ1v) is 11.3. The van der Waals surface area contributed by atoms with Crippen LogP contribution in [0, 0.1) is 6.92 Å². The Morgan fingerprint density at radius 1 is 1.29 bits per heavy atom. The number of carbonyl (C=O) groups is 1. The van der Waals surface area contributed by atoms with E-state index < -0.39 is 0 Å². The number of fused-ring (bicyclic) bond motifs is 1. The lowest BCUT2D eigenvalue weighted by atomic mass is 10.2. The number of aromatic nitrogens is 2. The summed E-state index contributed by atoms with van der Waals surface area (Å²) in [6, 6.07) is 4.30. The van der Waals surface area contributed by atoms with Crippen LogP contribution in [0.15, 0.2) is 23.8 Å². The molecule has 3 rings (SSSR count). The SMILES string of the molecule is CCN(CC)CCNC(=O)c1sc2ncnc(NC(C)c3cccs3)c2c1C. The van der Waals surface area contributed by atoms with Crippen LogP contribution in [-0.4, -0.2) is 47.0 Å². The second-order valence-electron chi connectivity index (χ2n) is 6.62. The average Bonchev–Trinajstić information content (AvgIpc) is 3.34. The number of amides is 1. The number of likely N-dealkylation sites (N-methyl/N-ethyl adjacent to an activating group) is 1. The Hall–Kier alpha value is -2.03. The summed E-state index contributed by atoms with van der Waals surface area (Å²) in [4.78, 5) is 26.6. The summed E-state index contributed by atoms with van der Waals surface area (Å²) in [7, 11) is 0.